The molecule has 0 amide bonds. The molecule has 118 valence electrons. The van der Waals surface area contributed by atoms with Gasteiger partial charge in [0.25, 0.3) is 0 Å². The lowest BCUT2D eigenvalue weighted by molar-refractivity contribution is 0.415. The fraction of sp³-hybridized carbons (Fsp3) is 0.238. The molecule has 0 bridgehead atoms. The molecule has 0 aliphatic carbocycles. The van der Waals surface area contributed by atoms with Crippen LogP contribution >= 0.6 is 0 Å². The van der Waals surface area contributed by atoms with Gasteiger partial charge < -0.3 is 9.72 Å². The van der Waals surface area contributed by atoms with Crippen LogP contribution < -0.4 is 4.74 Å². The van der Waals surface area contributed by atoms with Crippen LogP contribution in [0.25, 0.3) is 22.2 Å². The van der Waals surface area contributed by atoms with Crippen molar-refractivity contribution in [2.75, 3.05) is 7.11 Å². The largest absolute Gasteiger partial charge is 0.497 e. The average molecular weight is 305 g/mol. The molecular weight excluding hydrogens is 282 g/mol. The van der Waals surface area contributed by atoms with Gasteiger partial charge in [0, 0.05) is 16.8 Å². The van der Waals surface area contributed by atoms with Crippen LogP contribution in [0.15, 0.2) is 61.2 Å². The fourth-order valence-electron chi connectivity index (χ4n) is 3.23. The van der Waals surface area contributed by atoms with Crippen LogP contribution in [0.5, 0.6) is 5.75 Å². The number of rotatable bonds is 6. The maximum Gasteiger partial charge on any atom is 0.118 e. The maximum absolute atomic E-state index is 5.28. The Labute approximate surface area is 137 Å². The summed E-state index contributed by atoms with van der Waals surface area (Å²) in [7, 11) is 1.69. The maximum atomic E-state index is 5.28. The summed E-state index contributed by atoms with van der Waals surface area (Å²) in [6.07, 6.45) is 4.32. The fourth-order valence-corrected chi connectivity index (χ4v) is 3.23. The number of aromatic amines is 1. The quantitative estimate of drug-likeness (QED) is 0.562. The van der Waals surface area contributed by atoms with Crippen molar-refractivity contribution >= 4 is 10.9 Å². The summed E-state index contributed by atoms with van der Waals surface area (Å²) in [5, 5.41) is 1.29. The first-order valence-electron chi connectivity index (χ1n) is 8.16. The smallest absolute Gasteiger partial charge is 0.118 e. The molecule has 3 rings (SSSR count). The number of nitrogens with one attached hydrogen (secondary N) is 1. The lowest BCUT2D eigenvalue weighted by atomic mass is 9.90. The number of hydrogen-bond acceptors (Lipinski definition) is 1. The second-order valence-corrected chi connectivity index (χ2v) is 5.82. The summed E-state index contributed by atoms with van der Waals surface area (Å²) in [6, 6.07) is 16.7. The van der Waals surface area contributed by atoms with Crippen LogP contribution in [-0.2, 0) is 0 Å². The van der Waals surface area contributed by atoms with E-state index >= 15 is 0 Å². The van der Waals surface area contributed by atoms with Crippen molar-refractivity contribution < 1.29 is 4.74 Å². The van der Waals surface area contributed by atoms with Crippen LogP contribution in [0.3, 0.4) is 0 Å². The van der Waals surface area contributed by atoms with Crippen molar-refractivity contribution in [3.05, 3.63) is 66.7 Å². The molecule has 1 unspecified atom stereocenters. The minimum absolute atomic E-state index is 0.355. The van der Waals surface area contributed by atoms with E-state index in [-0.39, 0.29) is 0 Å². The second kappa shape index (κ2) is 6.74. The molecule has 2 heteroatoms. The van der Waals surface area contributed by atoms with E-state index < -0.39 is 0 Å². The Kier molecular flexibility index (Phi) is 4.52. The third-order valence-corrected chi connectivity index (χ3v) is 4.38. The first kappa shape index (κ1) is 15.4. The predicted octanol–water partition coefficient (Wildman–Crippen LogP) is 5.91. The molecule has 1 atom stereocenters. The van der Waals surface area contributed by atoms with Crippen molar-refractivity contribution in [1.82, 2.24) is 4.98 Å². The van der Waals surface area contributed by atoms with E-state index in [4.69, 9.17) is 4.74 Å². The molecule has 0 saturated carbocycles. The van der Waals surface area contributed by atoms with Gasteiger partial charge in [-0.25, -0.2) is 0 Å². The van der Waals surface area contributed by atoms with Crippen LogP contribution in [0.4, 0.5) is 0 Å². The molecule has 0 radical (unpaired) electrons. The van der Waals surface area contributed by atoms with Gasteiger partial charge in [-0.05, 0) is 47.9 Å². The standard InChI is InChI=1S/C21H23NO/c1-4-8-15(5-2)20-18-9-6-7-10-19(18)22-21(20)16-11-13-17(23-3)14-12-16/h5-7,9-15,22H,2,4,8H2,1,3H3. The van der Waals surface area contributed by atoms with Gasteiger partial charge in [0.15, 0.2) is 0 Å². The SMILES string of the molecule is C=CC(CCC)c1c(-c2ccc(OC)cc2)[nH]c2ccccc12. The molecule has 0 aliphatic heterocycles. The lowest BCUT2D eigenvalue weighted by Gasteiger charge is -2.14. The number of H-pyrrole nitrogens is 1. The molecule has 0 fully saturated rings. The van der Waals surface area contributed by atoms with Gasteiger partial charge in [0.2, 0.25) is 0 Å². The Morgan fingerprint density at radius 3 is 2.52 bits per heavy atom. The van der Waals surface area contributed by atoms with Crippen LogP contribution in [0, 0.1) is 0 Å². The van der Waals surface area contributed by atoms with E-state index in [0.717, 1.165) is 18.6 Å². The number of methoxy groups -OCH3 is 1. The van der Waals surface area contributed by atoms with Crippen LogP contribution in [-0.4, -0.2) is 12.1 Å². The summed E-state index contributed by atoms with van der Waals surface area (Å²) in [5.74, 6) is 1.23. The van der Waals surface area contributed by atoms with E-state index in [0.29, 0.717) is 5.92 Å². The van der Waals surface area contributed by atoms with E-state index in [9.17, 15) is 0 Å². The van der Waals surface area contributed by atoms with Gasteiger partial charge in [0.05, 0.1) is 12.8 Å². The molecule has 23 heavy (non-hydrogen) atoms. The molecule has 1 N–H and O–H groups in total. The van der Waals surface area contributed by atoms with Gasteiger partial charge in [0.1, 0.15) is 5.75 Å². The van der Waals surface area contributed by atoms with Gasteiger partial charge in [-0.15, -0.1) is 6.58 Å². The molecule has 2 aromatic carbocycles. The predicted molar refractivity (Wildman–Crippen MR) is 98.1 cm³/mol. The van der Waals surface area contributed by atoms with Crippen molar-refractivity contribution in [2.45, 2.75) is 25.7 Å². The molecule has 1 aromatic heterocycles. The van der Waals surface area contributed by atoms with Gasteiger partial charge in [-0.1, -0.05) is 37.6 Å². The summed E-state index contributed by atoms with van der Waals surface area (Å²) in [6.45, 7) is 6.29. The first-order chi connectivity index (χ1) is 11.3. The highest BCUT2D eigenvalue weighted by molar-refractivity contribution is 5.91. The van der Waals surface area contributed by atoms with E-state index in [1.807, 2.05) is 12.1 Å². The Balaban J connectivity index is 2.19. The summed E-state index contributed by atoms with van der Waals surface area (Å²) in [4.78, 5) is 3.60. The number of para-hydroxylation sites is 1. The molecule has 0 saturated heterocycles. The van der Waals surface area contributed by atoms with E-state index in [1.165, 1.54) is 27.7 Å². The van der Waals surface area contributed by atoms with Gasteiger partial charge >= 0.3 is 0 Å². The van der Waals surface area contributed by atoms with Crippen molar-refractivity contribution in [2.24, 2.45) is 0 Å². The number of benzene rings is 2. The molecule has 0 aliphatic rings. The Morgan fingerprint density at radius 1 is 1.13 bits per heavy atom. The van der Waals surface area contributed by atoms with Crippen LogP contribution in [0.2, 0.25) is 0 Å². The van der Waals surface area contributed by atoms with Crippen molar-refractivity contribution in [3.63, 3.8) is 0 Å². The third kappa shape index (κ3) is 2.89. The monoisotopic (exact) mass is 305 g/mol. The highest BCUT2D eigenvalue weighted by Gasteiger charge is 2.19. The second-order valence-electron chi connectivity index (χ2n) is 5.82. The molecular formula is C21H23NO. The number of hydrogen-bond donors (Lipinski definition) is 1. The van der Waals surface area contributed by atoms with Gasteiger partial charge in [-0.3, -0.25) is 0 Å². The van der Waals surface area contributed by atoms with Crippen molar-refractivity contribution in [1.29, 1.82) is 0 Å². The van der Waals surface area contributed by atoms with E-state index in [2.05, 4.69) is 61.0 Å². The van der Waals surface area contributed by atoms with Crippen molar-refractivity contribution in [3.8, 4) is 17.0 Å². The number of fused-ring (bicyclic) bond motifs is 1. The molecule has 0 spiro atoms. The summed E-state index contributed by atoms with van der Waals surface area (Å²) >= 11 is 0. The summed E-state index contributed by atoms with van der Waals surface area (Å²) in [5.41, 5.74) is 4.89. The Morgan fingerprint density at radius 2 is 1.87 bits per heavy atom. The zero-order valence-electron chi connectivity index (χ0n) is 13.8. The minimum atomic E-state index is 0.355. The Bertz CT molecular complexity index is 798. The molecule has 1 heterocycles. The number of ether oxygens (including phenoxy) is 1. The number of aromatic nitrogens is 1. The highest BCUT2D eigenvalue weighted by Crippen LogP contribution is 2.38. The third-order valence-electron chi connectivity index (χ3n) is 4.38. The molecule has 3 aromatic rings. The zero-order chi connectivity index (χ0) is 16.2. The topological polar surface area (TPSA) is 25.0 Å². The van der Waals surface area contributed by atoms with Gasteiger partial charge in [-0.2, -0.15) is 0 Å². The number of allylic oxidation sites excluding steroid dienone is 1. The lowest BCUT2D eigenvalue weighted by Crippen LogP contribution is -1.96. The summed E-state index contributed by atoms with van der Waals surface area (Å²) < 4.78 is 5.28. The first-order valence-corrected chi connectivity index (χ1v) is 8.16. The highest BCUT2D eigenvalue weighted by atomic mass is 16.5. The molecule has 2 nitrogen and oxygen atoms in total. The minimum Gasteiger partial charge on any atom is -0.497 e. The van der Waals surface area contributed by atoms with Crippen LogP contribution in [0.1, 0.15) is 31.2 Å². The van der Waals surface area contributed by atoms with E-state index in [1.54, 1.807) is 7.11 Å². The Hall–Kier alpha value is -2.48. The zero-order valence-corrected chi connectivity index (χ0v) is 13.8. The normalized spacial score (nSPS) is 12.3. The average Bonchev–Trinajstić information content (AvgIpc) is 2.99.